The van der Waals surface area contributed by atoms with Crippen molar-refractivity contribution in [1.29, 1.82) is 0 Å². The third-order valence-electron chi connectivity index (χ3n) is 3.73. The maximum atomic E-state index is 12.4. The highest BCUT2D eigenvalue weighted by Crippen LogP contribution is 2.19. The Labute approximate surface area is 131 Å². The lowest BCUT2D eigenvalue weighted by Gasteiger charge is -2.19. The molecule has 2 aromatic rings. The van der Waals surface area contributed by atoms with Gasteiger partial charge in [-0.2, -0.15) is 5.10 Å². The number of carbonyl (C=O) groups is 1. The molecule has 0 bridgehead atoms. The first-order chi connectivity index (χ1) is 10.4. The third-order valence-corrected chi connectivity index (χ3v) is 3.73. The van der Waals surface area contributed by atoms with Crippen LogP contribution in [0.5, 0.6) is 0 Å². The van der Waals surface area contributed by atoms with E-state index in [0.717, 1.165) is 17.0 Å². The number of rotatable bonds is 5. The predicted molar refractivity (Wildman–Crippen MR) is 86.5 cm³/mol. The van der Waals surface area contributed by atoms with Gasteiger partial charge < -0.3 is 5.32 Å². The normalized spacial score (nSPS) is 12.5. The summed E-state index contributed by atoms with van der Waals surface area (Å²) in [6.45, 7) is 10.0. The van der Waals surface area contributed by atoms with Crippen molar-refractivity contribution < 1.29 is 4.79 Å². The number of aryl methyl sites for hydroxylation is 3. The van der Waals surface area contributed by atoms with E-state index in [9.17, 15) is 4.79 Å². The molecule has 1 aromatic carbocycles. The molecule has 118 valence electrons. The average molecular weight is 300 g/mol. The minimum atomic E-state index is -0.178. The highest BCUT2D eigenvalue weighted by molar-refractivity contribution is 5.79. The van der Waals surface area contributed by atoms with Gasteiger partial charge in [-0.25, -0.2) is 4.98 Å². The fourth-order valence-corrected chi connectivity index (χ4v) is 2.42. The van der Waals surface area contributed by atoms with E-state index in [0.29, 0.717) is 12.2 Å². The second-order valence-corrected chi connectivity index (χ2v) is 6.17. The minimum absolute atomic E-state index is 0.00477. The van der Waals surface area contributed by atoms with Crippen LogP contribution in [0.1, 0.15) is 48.2 Å². The van der Waals surface area contributed by atoms with Gasteiger partial charge in [0.1, 0.15) is 5.82 Å². The molecule has 1 aromatic heterocycles. The van der Waals surface area contributed by atoms with Crippen molar-refractivity contribution >= 4 is 5.91 Å². The van der Waals surface area contributed by atoms with Gasteiger partial charge in [0.05, 0.1) is 12.5 Å². The summed E-state index contributed by atoms with van der Waals surface area (Å²) in [6.07, 6.45) is 0.375. The number of aromatic nitrogens is 3. The number of aromatic amines is 1. The zero-order chi connectivity index (χ0) is 16.3. The number of hydrogen-bond donors (Lipinski definition) is 2. The summed E-state index contributed by atoms with van der Waals surface area (Å²) >= 11 is 0. The Kier molecular flexibility index (Phi) is 4.96. The molecule has 0 saturated carbocycles. The lowest BCUT2D eigenvalue weighted by atomic mass is 10.0. The second kappa shape index (κ2) is 6.73. The van der Waals surface area contributed by atoms with E-state index in [4.69, 9.17) is 0 Å². The van der Waals surface area contributed by atoms with Crippen molar-refractivity contribution in [2.45, 2.75) is 47.1 Å². The molecule has 0 saturated heterocycles. The fraction of sp³-hybridized carbons (Fsp3) is 0.471. The van der Waals surface area contributed by atoms with Gasteiger partial charge >= 0.3 is 0 Å². The van der Waals surface area contributed by atoms with E-state index in [1.807, 2.05) is 20.8 Å². The monoisotopic (exact) mass is 300 g/mol. The van der Waals surface area contributed by atoms with Crippen molar-refractivity contribution in [3.8, 4) is 0 Å². The molecule has 0 aliphatic carbocycles. The first-order valence-corrected chi connectivity index (χ1v) is 7.61. The molecule has 1 atom stereocenters. The summed E-state index contributed by atoms with van der Waals surface area (Å²) in [5, 5.41) is 10.1. The van der Waals surface area contributed by atoms with Gasteiger partial charge in [0.2, 0.25) is 5.91 Å². The zero-order valence-electron chi connectivity index (χ0n) is 13.9. The molecule has 0 fully saturated rings. The van der Waals surface area contributed by atoms with Crippen molar-refractivity contribution in [3.63, 3.8) is 0 Å². The molecule has 0 aliphatic heterocycles. The summed E-state index contributed by atoms with van der Waals surface area (Å²) in [4.78, 5) is 16.7. The van der Waals surface area contributed by atoms with Crippen LogP contribution in [0.3, 0.4) is 0 Å². The molecule has 1 amide bonds. The first-order valence-electron chi connectivity index (χ1n) is 7.61. The molecule has 22 heavy (non-hydrogen) atoms. The van der Waals surface area contributed by atoms with Crippen LogP contribution in [0.15, 0.2) is 18.2 Å². The van der Waals surface area contributed by atoms with E-state index < -0.39 is 0 Å². The first kappa shape index (κ1) is 16.2. The molecule has 5 heteroatoms. The van der Waals surface area contributed by atoms with Gasteiger partial charge in [0.25, 0.3) is 0 Å². The van der Waals surface area contributed by atoms with Crippen molar-refractivity contribution in [2.75, 3.05) is 0 Å². The van der Waals surface area contributed by atoms with Crippen LogP contribution in [-0.2, 0) is 11.2 Å². The van der Waals surface area contributed by atoms with E-state index >= 15 is 0 Å². The lowest BCUT2D eigenvalue weighted by Crippen LogP contribution is -2.33. The van der Waals surface area contributed by atoms with Crippen LogP contribution in [0, 0.1) is 26.7 Å². The van der Waals surface area contributed by atoms with E-state index in [-0.39, 0.29) is 17.9 Å². The summed E-state index contributed by atoms with van der Waals surface area (Å²) in [5.41, 5.74) is 3.36. The summed E-state index contributed by atoms with van der Waals surface area (Å²) in [5.74, 6) is 1.61. The Bertz CT molecular complexity index is 660. The Morgan fingerprint density at radius 3 is 2.59 bits per heavy atom. The molecule has 1 heterocycles. The third kappa shape index (κ3) is 3.93. The minimum Gasteiger partial charge on any atom is -0.345 e. The van der Waals surface area contributed by atoms with E-state index in [1.165, 1.54) is 5.56 Å². The molecule has 0 spiro atoms. The van der Waals surface area contributed by atoms with Crippen LogP contribution in [0.4, 0.5) is 0 Å². The van der Waals surface area contributed by atoms with Gasteiger partial charge in [-0.3, -0.25) is 9.89 Å². The van der Waals surface area contributed by atoms with Crippen LogP contribution in [0.2, 0.25) is 0 Å². The molecular weight excluding hydrogens is 276 g/mol. The van der Waals surface area contributed by atoms with Crippen molar-refractivity contribution in [2.24, 2.45) is 5.92 Å². The summed E-state index contributed by atoms with van der Waals surface area (Å²) < 4.78 is 0. The number of nitrogens with zero attached hydrogens (tertiary/aromatic N) is 2. The molecular formula is C17H24N4O. The standard InChI is InChI=1S/C17H24N4O/c1-10(2)16(17-18-13(5)20-21-17)19-15(22)9-14-8-11(3)6-7-12(14)4/h6-8,10,16H,9H2,1-5H3,(H,19,22)(H,18,20,21)/t16-/m0/s1. The highest BCUT2D eigenvalue weighted by Gasteiger charge is 2.22. The van der Waals surface area contributed by atoms with Crippen LogP contribution in [-0.4, -0.2) is 21.1 Å². The predicted octanol–water partition coefficient (Wildman–Crippen LogP) is 2.79. The highest BCUT2D eigenvalue weighted by atomic mass is 16.1. The van der Waals surface area contributed by atoms with E-state index in [1.54, 1.807) is 0 Å². The van der Waals surface area contributed by atoms with Gasteiger partial charge in [-0.05, 0) is 37.8 Å². The second-order valence-electron chi connectivity index (χ2n) is 6.17. The van der Waals surface area contributed by atoms with Gasteiger partial charge in [-0.1, -0.05) is 37.6 Å². The maximum absolute atomic E-state index is 12.4. The Balaban J connectivity index is 2.10. The van der Waals surface area contributed by atoms with Crippen LogP contribution >= 0.6 is 0 Å². The fourth-order valence-electron chi connectivity index (χ4n) is 2.42. The molecule has 0 radical (unpaired) electrons. The van der Waals surface area contributed by atoms with Crippen molar-refractivity contribution in [1.82, 2.24) is 20.5 Å². The smallest absolute Gasteiger partial charge is 0.225 e. The number of nitrogens with one attached hydrogen (secondary N) is 2. The zero-order valence-corrected chi connectivity index (χ0v) is 13.9. The average Bonchev–Trinajstić information content (AvgIpc) is 2.86. The number of benzene rings is 1. The summed E-state index contributed by atoms with van der Waals surface area (Å²) in [6, 6.07) is 6.00. The molecule has 2 rings (SSSR count). The number of hydrogen-bond acceptors (Lipinski definition) is 3. The number of amides is 1. The Morgan fingerprint density at radius 2 is 2.00 bits per heavy atom. The van der Waals surface area contributed by atoms with Crippen LogP contribution < -0.4 is 5.32 Å². The SMILES string of the molecule is Cc1ccc(C)c(CC(=O)N[C@H](c2n[nH]c(C)n2)C(C)C)c1. The lowest BCUT2D eigenvalue weighted by molar-refractivity contribution is -0.121. The topological polar surface area (TPSA) is 70.7 Å². The number of H-pyrrole nitrogens is 1. The Hall–Kier alpha value is -2.17. The largest absolute Gasteiger partial charge is 0.345 e. The molecule has 0 unspecified atom stereocenters. The quantitative estimate of drug-likeness (QED) is 0.892. The van der Waals surface area contributed by atoms with Crippen LogP contribution in [0.25, 0.3) is 0 Å². The summed E-state index contributed by atoms with van der Waals surface area (Å²) in [7, 11) is 0. The van der Waals surface area contributed by atoms with Gasteiger partial charge in [0, 0.05) is 0 Å². The number of carbonyl (C=O) groups excluding carboxylic acids is 1. The molecule has 0 aliphatic rings. The molecule has 2 N–H and O–H groups in total. The maximum Gasteiger partial charge on any atom is 0.225 e. The van der Waals surface area contributed by atoms with Gasteiger partial charge in [0.15, 0.2) is 5.82 Å². The van der Waals surface area contributed by atoms with Gasteiger partial charge in [-0.15, -0.1) is 0 Å². The Morgan fingerprint density at radius 1 is 1.27 bits per heavy atom. The van der Waals surface area contributed by atoms with E-state index in [2.05, 4.69) is 52.5 Å². The van der Waals surface area contributed by atoms with Crippen molar-refractivity contribution in [3.05, 3.63) is 46.5 Å². The molecule has 5 nitrogen and oxygen atoms in total.